The van der Waals surface area contributed by atoms with Crippen LogP contribution in [-0.2, 0) is 11.3 Å². The fraction of sp³-hybridized carbons (Fsp3) is 0.579. The van der Waals surface area contributed by atoms with Crippen molar-refractivity contribution in [2.24, 2.45) is 11.8 Å². The molecule has 0 aliphatic heterocycles. The van der Waals surface area contributed by atoms with Crippen molar-refractivity contribution >= 4 is 0 Å². The standard InChI is InChI=1S/C19H28FNO/c1-5-6-19(16-8-9-16)22-21-14(4)17-10-7-15(11-13(2)3)12-18(17)20/h6-7,10,12-14,16,21H,5,8-9,11H2,1-4H3/b19-6+. The Kier molecular flexibility index (Phi) is 6.01. The summed E-state index contributed by atoms with van der Waals surface area (Å²) < 4.78 is 14.3. The molecule has 0 bridgehead atoms. The minimum Gasteiger partial charge on any atom is -0.413 e. The van der Waals surface area contributed by atoms with Gasteiger partial charge in [-0.1, -0.05) is 32.9 Å². The van der Waals surface area contributed by atoms with Crippen LogP contribution in [0.1, 0.15) is 64.1 Å². The zero-order chi connectivity index (χ0) is 16.1. The fourth-order valence-electron chi connectivity index (χ4n) is 2.60. The van der Waals surface area contributed by atoms with E-state index in [0.717, 1.165) is 24.2 Å². The largest absolute Gasteiger partial charge is 0.413 e. The van der Waals surface area contributed by atoms with Gasteiger partial charge in [0.25, 0.3) is 0 Å². The van der Waals surface area contributed by atoms with Gasteiger partial charge in [0, 0.05) is 11.5 Å². The van der Waals surface area contributed by atoms with Gasteiger partial charge in [0.15, 0.2) is 0 Å². The highest BCUT2D eigenvalue weighted by Crippen LogP contribution is 2.37. The molecular weight excluding hydrogens is 277 g/mol. The normalized spacial score (nSPS) is 16.9. The lowest BCUT2D eigenvalue weighted by Gasteiger charge is -2.18. The number of rotatable bonds is 8. The molecule has 1 aliphatic carbocycles. The molecule has 22 heavy (non-hydrogen) atoms. The summed E-state index contributed by atoms with van der Waals surface area (Å²) in [4.78, 5) is 5.72. The minimum atomic E-state index is -0.174. The maximum Gasteiger partial charge on any atom is 0.128 e. The molecule has 0 aromatic heterocycles. The summed E-state index contributed by atoms with van der Waals surface area (Å²) in [5, 5.41) is 0. The molecule has 2 nitrogen and oxygen atoms in total. The van der Waals surface area contributed by atoms with E-state index in [-0.39, 0.29) is 11.9 Å². The summed E-state index contributed by atoms with van der Waals surface area (Å²) in [7, 11) is 0. The van der Waals surface area contributed by atoms with Gasteiger partial charge in [0.1, 0.15) is 11.6 Å². The highest BCUT2D eigenvalue weighted by atomic mass is 19.1. The van der Waals surface area contributed by atoms with Crippen molar-refractivity contribution in [1.82, 2.24) is 5.48 Å². The van der Waals surface area contributed by atoms with E-state index in [9.17, 15) is 4.39 Å². The average molecular weight is 305 g/mol. The topological polar surface area (TPSA) is 21.3 Å². The van der Waals surface area contributed by atoms with Crippen LogP contribution in [0.25, 0.3) is 0 Å². The van der Waals surface area contributed by atoms with E-state index in [0.29, 0.717) is 17.4 Å². The lowest BCUT2D eigenvalue weighted by Crippen LogP contribution is -2.20. The molecule has 0 radical (unpaired) electrons. The van der Waals surface area contributed by atoms with Crippen LogP contribution in [0.4, 0.5) is 4.39 Å². The summed E-state index contributed by atoms with van der Waals surface area (Å²) in [5.74, 6) is 1.93. The van der Waals surface area contributed by atoms with Gasteiger partial charge in [-0.2, -0.15) is 0 Å². The first kappa shape index (κ1) is 17.0. The van der Waals surface area contributed by atoms with E-state index < -0.39 is 0 Å². The second-order valence-electron chi connectivity index (χ2n) is 6.68. The Morgan fingerprint density at radius 3 is 2.64 bits per heavy atom. The van der Waals surface area contributed by atoms with E-state index in [1.165, 1.54) is 12.8 Å². The molecule has 122 valence electrons. The van der Waals surface area contributed by atoms with Crippen LogP contribution in [-0.4, -0.2) is 0 Å². The molecule has 1 unspecified atom stereocenters. The highest BCUT2D eigenvalue weighted by Gasteiger charge is 2.28. The van der Waals surface area contributed by atoms with Gasteiger partial charge in [-0.25, -0.2) is 4.39 Å². The molecule has 2 rings (SSSR count). The SMILES string of the molecule is CC/C=C(/ONC(C)c1ccc(CC(C)C)cc1F)C1CC1. The minimum absolute atomic E-state index is 0.158. The molecule has 0 saturated heterocycles. The molecule has 1 aromatic rings. The van der Waals surface area contributed by atoms with Crippen molar-refractivity contribution < 1.29 is 9.23 Å². The van der Waals surface area contributed by atoms with Crippen molar-refractivity contribution in [3.8, 4) is 0 Å². The first-order valence-corrected chi connectivity index (χ1v) is 8.42. The highest BCUT2D eigenvalue weighted by molar-refractivity contribution is 5.26. The Bertz CT molecular complexity index is 520. The van der Waals surface area contributed by atoms with E-state index in [4.69, 9.17) is 4.84 Å². The van der Waals surface area contributed by atoms with Gasteiger partial charge in [-0.3, -0.25) is 0 Å². The third kappa shape index (κ3) is 4.84. The predicted molar refractivity (Wildman–Crippen MR) is 88.7 cm³/mol. The van der Waals surface area contributed by atoms with E-state index in [1.54, 1.807) is 6.07 Å². The average Bonchev–Trinajstić information content (AvgIpc) is 3.27. The number of nitrogens with one attached hydrogen (secondary N) is 1. The first-order valence-electron chi connectivity index (χ1n) is 8.42. The Balaban J connectivity index is 1.96. The van der Waals surface area contributed by atoms with Crippen molar-refractivity contribution in [1.29, 1.82) is 0 Å². The smallest absolute Gasteiger partial charge is 0.128 e. The van der Waals surface area contributed by atoms with E-state index in [1.807, 2.05) is 19.1 Å². The molecule has 3 heteroatoms. The van der Waals surface area contributed by atoms with Crippen molar-refractivity contribution in [2.45, 2.75) is 59.4 Å². The van der Waals surface area contributed by atoms with Gasteiger partial charge in [-0.15, -0.1) is 5.48 Å². The van der Waals surface area contributed by atoms with E-state index >= 15 is 0 Å². The first-order chi connectivity index (χ1) is 10.5. The Morgan fingerprint density at radius 1 is 1.36 bits per heavy atom. The molecule has 1 aliphatic rings. The van der Waals surface area contributed by atoms with Gasteiger partial charge in [-0.05, 0) is 56.2 Å². The number of hydrogen-bond acceptors (Lipinski definition) is 2. The summed E-state index contributed by atoms with van der Waals surface area (Å²) in [6, 6.07) is 5.36. The number of halogens is 1. The van der Waals surface area contributed by atoms with Crippen LogP contribution in [0.5, 0.6) is 0 Å². The van der Waals surface area contributed by atoms with Crippen LogP contribution < -0.4 is 5.48 Å². The number of allylic oxidation sites excluding steroid dienone is 2. The lowest BCUT2D eigenvalue weighted by atomic mass is 9.99. The molecule has 1 N–H and O–H groups in total. The quantitative estimate of drug-likeness (QED) is 0.519. The summed E-state index contributed by atoms with van der Waals surface area (Å²) in [5.41, 5.74) is 4.70. The van der Waals surface area contributed by atoms with Crippen LogP contribution >= 0.6 is 0 Å². The molecule has 0 heterocycles. The molecule has 1 aromatic carbocycles. The van der Waals surface area contributed by atoms with E-state index in [2.05, 4.69) is 32.3 Å². The van der Waals surface area contributed by atoms with Crippen LogP contribution in [0.3, 0.4) is 0 Å². The van der Waals surface area contributed by atoms with Gasteiger partial charge < -0.3 is 4.84 Å². The van der Waals surface area contributed by atoms with Crippen molar-refractivity contribution in [3.63, 3.8) is 0 Å². The van der Waals surface area contributed by atoms with Crippen molar-refractivity contribution in [2.75, 3.05) is 0 Å². The van der Waals surface area contributed by atoms with Crippen LogP contribution in [0.2, 0.25) is 0 Å². The second kappa shape index (κ2) is 7.77. The number of benzene rings is 1. The maximum absolute atomic E-state index is 14.3. The summed E-state index contributed by atoms with van der Waals surface area (Å²) in [6.45, 7) is 8.31. The second-order valence-corrected chi connectivity index (χ2v) is 6.68. The molecule has 0 spiro atoms. The molecule has 1 saturated carbocycles. The third-order valence-corrected chi connectivity index (χ3v) is 3.91. The zero-order valence-corrected chi connectivity index (χ0v) is 14.2. The maximum atomic E-state index is 14.3. The van der Waals surface area contributed by atoms with Crippen LogP contribution in [0.15, 0.2) is 30.0 Å². The van der Waals surface area contributed by atoms with Gasteiger partial charge in [0.2, 0.25) is 0 Å². The summed E-state index contributed by atoms with van der Waals surface area (Å²) >= 11 is 0. The Hall–Kier alpha value is -1.35. The van der Waals surface area contributed by atoms with Crippen LogP contribution in [0, 0.1) is 17.7 Å². The Labute approximate surface area is 133 Å². The molecule has 1 fully saturated rings. The Morgan fingerprint density at radius 2 is 2.09 bits per heavy atom. The van der Waals surface area contributed by atoms with Gasteiger partial charge >= 0.3 is 0 Å². The molecule has 0 amide bonds. The van der Waals surface area contributed by atoms with Gasteiger partial charge in [0.05, 0.1) is 6.04 Å². The summed E-state index contributed by atoms with van der Waals surface area (Å²) in [6.07, 6.45) is 6.36. The number of hydrogen-bond donors (Lipinski definition) is 1. The predicted octanol–water partition coefficient (Wildman–Crippen LogP) is 5.31. The zero-order valence-electron chi connectivity index (χ0n) is 14.2. The van der Waals surface area contributed by atoms with Crippen molar-refractivity contribution in [3.05, 3.63) is 47.0 Å². The molecule has 1 atom stereocenters. The molecular formula is C19H28FNO. The third-order valence-electron chi connectivity index (χ3n) is 3.91. The fourth-order valence-corrected chi connectivity index (χ4v) is 2.60. The monoisotopic (exact) mass is 305 g/mol. The lowest BCUT2D eigenvalue weighted by molar-refractivity contribution is 0.0673. The number of hydroxylamine groups is 1.